The first-order valence-corrected chi connectivity index (χ1v) is 8.87. The minimum absolute atomic E-state index is 0.0466. The van der Waals surface area contributed by atoms with Crippen molar-refractivity contribution in [1.82, 2.24) is 4.90 Å². The second-order valence-corrected chi connectivity index (χ2v) is 7.64. The minimum atomic E-state index is -0.565. The van der Waals surface area contributed by atoms with Crippen molar-refractivity contribution < 1.29 is 14.6 Å². The Morgan fingerprint density at radius 2 is 1.96 bits per heavy atom. The Kier molecular flexibility index (Phi) is 5.11. The molecule has 25 heavy (non-hydrogen) atoms. The molecule has 0 aromatic heterocycles. The van der Waals surface area contributed by atoms with Gasteiger partial charge in [-0.1, -0.05) is 42.5 Å². The van der Waals surface area contributed by atoms with Gasteiger partial charge in [-0.05, 0) is 36.6 Å². The molecular weight excluding hydrogens is 314 g/mol. The monoisotopic (exact) mass is 341 g/mol. The van der Waals surface area contributed by atoms with E-state index in [9.17, 15) is 9.90 Å². The lowest BCUT2D eigenvalue weighted by Crippen LogP contribution is -2.51. The molecule has 1 amide bonds. The van der Waals surface area contributed by atoms with Crippen LogP contribution in [0.1, 0.15) is 31.7 Å². The summed E-state index contributed by atoms with van der Waals surface area (Å²) in [6.07, 6.45) is 0.228. The highest BCUT2D eigenvalue weighted by Gasteiger charge is 2.37. The van der Waals surface area contributed by atoms with E-state index in [1.165, 1.54) is 10.8 Å². The summed E-state index contributed by atoms with van der Waals surface area (Å²) in [6.45, 7) is 5.21. The number of hydrogen-bond donors (Lipinski definition) is 1. The molecule has 2 aromatic rings. The number of β-amino-alcohol motifs (C(OH)–C–C–N with tert-alkyl or cyclic N) is 1. The average molecular weight is 341 g/mol. The van der Waals surface area contributed by atoms with Crippen LogP contribution in [0.4, 0.5) is 0 Å². The number of nitrogens with zero attached hydrogens (tertiary/aromatic N) is 1. The number of hydrogen-bond acceptors (Lipinski definition) is 3. The quantitative estimate of drug-likeness (QED) is 0.929. The van der Waals surface area contributed by atoms with E-state index in [0.29, 0.717) is 19.7 Å². The normalized spacial score (nSPS) is 21.5. The molecule has 0 spiro atoms. The average Bonchev–Trinajstić information content (AvgIpc) is 2.60. The second-order valence-electron chi connectivity index (χ2n) is 7.64. The highest BCUT2D eigenvalue weighted by Crippen LogP contribution is 2.32. The third kappa shape index (κ3) is 3.70. The lowest BCUT2D eigenvalue weighted by molar-refractivity contribution is -0.146. The molecule has 3 rings (SSSR count). The molecule has 1 heterocycles. The summed E-state index contributed by atoms with van der Waals surface area (Å²) >= 11 is 0. The number of rotatable bonds is 4. The lowest BCUT2D eigenvalue weighted by atomic mass is 9.84. The van der Waals surface area contributed by atoms with Crippen LogP contribution < -0.4 is 0 Å². The number of carbonyl (C=O) groups excluding carboxylic acids is 1. The fraction of sp³-hybridized carbons (Fsp3) is 0.476. The molecule has 0 aliphatic carbocycles. The zero-order valence-corrected chi connectivity index (χ0v) is 15.2. The van der Waals surface area contributed by atoms with E-state index in [2.05, 4.69) is 30.3 Å². The van der Waals surface area contributed by atoms with Crippen LogP contribution in [0, 0.1) is 5.41 Å². The van der Waals surface area contributed by atoms with E-state index in [0.717, 1.165) is 12.0 Å². The summed E-state index contributed by atoms with van der Waals surface area (Å²) in [7, 11) is 1.61. The number of ether oxygens (including phenoxy) is 1. The molecule has 134 valence electrons. The largest absolute Gasteiger partial charge is 0.391 e. The first-order chi connectivity index (χ1) is 11.9. The van der Waals surface area contributed by atoms with Gasteiger partial charge in [0.15, 0.2) is 0 Å². The third-order valence-electron chi connectivity index (χ3n) is 5.15. The third-order valence-corrected chi connectivity index (χ3v) is 5.15. The van der Waals surface area contributed by atoms with Crippen LogP contribution in [-0.2, 0) is 9.53 Å². The van der Waals surface area contributed by atoms with Crippen molar-refractivity contribution in [3.8, 4) is 0 Å². The highest BCUT2D eigenvalue weighted by molar-refractivity contribution is 5.83. The SMILES string of the molecule is COCC(C)(C)C(=O)N1CC[C@@H](c2ccc3ccccc3c2)[C@H](O)C1. The fourth-order valence-corrected chi connectivity index (χ4v) is 3.79. The van der Waals surface area contributed by atoms with Gasteiger partial charge in [-0.15, -0.1) is 0 Å². The van der Waals surface area contributed by atoms with Gasteiger partial charge in [-0.3, -0.25) is 4.79 Å². The number of likely N-dealkylation sites (tertiary alicyclic amines) is 1. The van der Waals surface area contributed by atoms with Gasteiger partial charge < -0.3 is 14.7 Å². The van der Waals surface area contributed by atoms with Crippen LogP contribution in [0.2, 0.25) is 0 Å². The van der Waals surface area contributed by atoms with Crippen molar-refractivity contribution >= 4 is 16.7 Å². The van der Waals surface area contributed by atoms with Gasteiger partial charge in [0.25, 0.3) is 0 Å². The maximum absolute atomic E-state index is 12.7. The van der Waals surface area contributed by atoms with Crippen LogP contribution in [0.15, 0.2) is 42.5 Å². The van der Waals surface area contributed by atoms with Crippen molar-refractivity contribution in [2.24, 2.45) is 5.41 Å². The maximum Gasteiger partial charge on any atom is 0.230 e. The first-order valence-electron chi connectivity index (χ1n) is 8.87. The second kappa shape index (κ2) is 7.14. The topological polar surface area (TPSA) is 49.8 Å². The van der Waals surface area contributed by atoms with Gasteiger partial charge in [-0.2, -0.15) is 0 Å². The van der Waals surface area contributed by atoms with E-state index < -0.39 is 11.5 Å². The number of methoxy groups -OCH3 is 1. The Morgan fingerprint density at radius 1 is 1.24 bits per heavy atom. The molecule has 4 nitrogen and oxygen atoms in total. The Morgan fingerprint density at radius 3 is 2.64 bits per heavy atom. The Labute approximate surface area is 149 Å². The van der Waals surface area contributed by atoms with Gasteiger partial charge in [-0.25, -0.2) is 0 Å². The van der Waals surface area contributed by atoms with Crippen LogP contribution in [0.25, 0.3) is 10.8 Å². The number of amides is 1. The summed E-state index contributed by atoms with van der Waals surface area (Å²) in [5.74, 6) is 0.115. The Bertz CT molecular complexity index is 756. The van der Waals surface area contributed by atoms with Crippen molar-refractivity contribution in [3.05, 3.63) is 48.0 Å². The van der Waals surface area contributed by atoms with Crippen molar-refractivity contribution in [2.45, 2.75) is 32.3 Å². The predicted octanol–water partition coefficient (Wildman–Crippen LogP) is 3.19. The fourth-order valence-electron chi connectivity index (χ4n) is 3.79. The number of carbonyl (C=O) groups is 1. The predicted molar refractivity (Wildman–Crippen MR) is 99.5 cm³/mol. The zero-order valence-electron chi connectivity index (χ0n) is 15.2. The number of aliphatic hydroxyl groups excluding tert-OH is 1. The van der Waals surface area contributed by atoms with Crippen LogP contribution in [-0.4, -0.2) is 48.8 Å². The standard InChI is InChI=1S/C21H27NO3/c1-21(2,14-25-3)20(24)22-11-10-18(19(23)13-22)17-9-8-15-6-4-5-7-16(15)12-17/h4-9,12,18-19,23H,10-11,13-14H2,1-3H3/t18-,19+/m0/s1. The van der Waals surface area contributed by atoms with E-state index in [-0.39, 0.29) is 11.8 Å². The molecule has 1 aliphatic heterocycles. The van der Waals surface area contributed by atoms with Crippen LogP contribution in [0.5, 0.6) is 0 Å². The van der Waals surface area contributed by atoms with Crippen LogP contribution >= 0.6 is 0 Å². The lowest BCUT2D eigenvalue weighted by Gasteiger charge is -2.39. The number of fused-ring (bicyclic) bond motifs is 1. The molecule has 2 aromatic carbocycles. The number of benzene rings is 2. The Balaban J connectivity index is 1.74. The van der Waals surface area contributed by atoms with E-state index in [1.807, 2.05) is 26.0 Å². The molecule has 0 radical (unpaired) electrons. The Hall–Kier alpha value is -1.91. The van der Waals surface area contributed by atoms with Crippen molar-refractivity contribution in [1.29, 1.82) is 0 Å². The number of aliphatic hydroxyl groups is 1. The molecule has 1 fully saturated rings. The summed E-state index contributed by atoms with van der Waals surface area (Å²) in [6, 6.07) is 14.6. The minimum Gasteiger partial charge on any atom is -0.391 e. The van der Waals surface area contributed by atoms with Gasteiger partial charge in [0.05, 0.1) is 18.1 Å². The molecule has 2 atom stereocenters. The van der Waals surface area contributed by atoms with Crippen molar-refractivity contribution in [2.75, 3.05) is 26.8 Å². The van der Waals surface area contributed by atoms with E-state index in [1.54, 1.807) is 12.0 Å². The van der Waals surface area contributed by atoms with Gasteiger partial charge in [0, 0.05) is 26.1 Å². The molecule has 0 saturated carbocycles. The molecule has 4 heteroatoms. The van der Waals surface area contributed by atoms with Gasteiger partial charge in [0.2, 0.25) is 5.91 Å². The molecule has 0 bridgehead atoms. The highest BCUT2D eigenvalue weighted by atomic mass is 16.5. The molecule has 1 saturated heterocycles. The summed E-state index contributed by atoms with van der Waals surface area (Å²) in [4.78, 5) is 14.5. The van der Waals surface area contributed by atoms with E-state index >= 15 is 0 Å². The number of piperidine rings is 1. The molecular formula is C21H27NO3. The smallest absolute Gasteiger partial charge is 0.230 e. The maximum atomic E-state index is 12.7. The summed E-state index contributed by atoms with van der Waals surface area (Å²) in [5.41, 5.74) is 0.582. The molecule has 1 N–H and O–H groups in total. The molecule has 0 unspecified atom stereocenters. The summed E-state index contributed by atoms with van der Waals surface area (Å²) in [5, 5.41) is 13.1. The van der Waals surface area contributed by atoms with Crippen molar-refractivity contribution in [3.63, 3.8) is 0 Å². The van der Waals surface area contributed by atoms with Gasteiger partial charge in [0.1, 0.15) is 0 Å². The van der Waals surface area contributed by atoms with E-state index in [4.69, 9.17) is 4.74 Å². The zero-order chi connectivity index (χ0) is 18.0. The van der Waals surface area contributed by atoms with Crippen LogP contribution in [0.3, 0.4) is 0 Å². The van der Waals surface area contributed by atoms with Gasteiger partial charge >= 0.3 is 0 Å². The molecule has 1 aliphatic rings. The first kappa shape index (κ1) is 17.9. The summed E-state index contributed by atoms with van der Waals surface area (Å²) < 4.78 is 5.17.